The van der Waals surface area contributed by atoms with Gasteiger partial charge in [0.15, 0.2) is 0 Å². The van der Waals surface area contributed by atoms with Gasteiger partial charge in [0.1, 0.15) is 24.4 Å². The minimum Gasteiger partial charge on any atom is -0.394 e. The summed E-state index contributed by atoms with van der Waals surface area (Å²) in [6.45, 7) is -2.10. The SMILES string of the molecule is OC[C@@H](O)[C@H](O)CO.OC[C@H](O)[C@@H](O)CO. The van der Waals surface area contributed by atoms with E-state index in [0.29, 0.717) is 0 Å². The van der Waals surface area contributed by atoms with E-state index in [0.717, 1.165) is 0 Å². The van der Waals surface area contributed by atoms with Gasteiger partial charge in [-0.05, 0) is 0 Å². The molecule has 4 atom stereocenters. The standard InChI is InChI=1S/2C4H10O4/c2*5-1-3(7)4(8)2-6/h2*3-8H,1-2H2/t2*3-,4-/m10/s1. The molecule has 0 aliphatic heterocycles. The maximum Gasteiger partial charge on any atom is 0.105 e. The molecule has 0 rings (SSSR count). The van der Waals surface area contributed by atoms with E-state index < -0.39 is 50.8 Å². The topological polar surface area (TPSA) is 162 Å². The van der Waals surface area contributed by atoms with Gasteiger partial charge in [0.05, 0.1) is 26.4 Å². The first-order valence-electron chi connectivity index (χ1n) is 4.60. The third-order valence-corrected chi connectivity index (χ3v) is 1.64. The van der Waals surface area contributed by atoms with E-state index in [2.05, 4.69) is 0 Å². The summed E-state index contributed by atoms with van der Waals surface area (Å²) in [7, 11) is 0. The summed E-state index contributed by atoms with van der Waals surface area (Å²) in [5, 5.41) is 66.3. The van der Waals surface area contributed by atoms with Gasteiger partial charge < -0.3 is 40.9 Å². The number of rotatable bonds is 6. The van der Waals surface area contributed by atoms with Crippen LogP contribution in [0.1, 0.15) is 0 Å². The van der Waals surface area contributed by atoms with Crippen LogP contribution in [0.5, 0.6) is 0 Å². The molecule has 0 aliphatic rings. The molecule has 100 valence electrons. The molecule has 0 aromatic carbocycles. The molecule has 0 bridgehead atoms. The molecule has 8 N–H and O–H groups in total. The fourth-order valence-corrected chi connectivity index (χ4v) is 0.487. The van der Waals surface area contributed by atoms with Gasteiger partial charge in [0.25, 0.3) is 0 Å². The van der Waals surface area contributed by atoms with Crippen molar-refractivity contribution in [1.82, 2.24) is 0 Å². The van der Waals surface area contributed by atoms with Gasteiger partial charge in [-0.2, -0.15) is 0 Å². The fourth-order valence-electron chi connectivity index (χ4n) is 0.487. The lowest BCUT2D eigenvalue weighted by Gasteiger charge is -2.10. The highest BCUT2D eigenvalue weighted by molar-refractivity contribution is 4.63. The predicted octanol–water partition coefficient (Wildman–Crippen LogP) is -4.61. The van der Waals surface area contributed by atoms with E-state index in [9.17, 15) is 0 Å². The third-order valence-electron chi connectivity index (χ3n) is 1.64. The second-order valence-electron chi connectivity index (χ2n) is 3.00. The molecule has 0 spiro atoms. The van der Waals surface area contributed by atoms with E-state index >= 15 is 0 Å². The molecule has 0 saturated heterocycles. The maximum absolute atomic E-state index is 8.47. The summed E-state index contributed by atoms with van der Waals surface area (Å²) in [5.41, 5.74) is 0. The van der Waals surface area contributed by atoms with Crippen molar-refractivity contribution >= 4 is 0 Å². The van der Waals surface area contributed by atoms with Gasteiger partial charge in [0.2, 0.25) is 0 Å². The van der Waals surface area contributed by atoms with E-state index in [4.69, 9.17) is 40.9 Å². The van der Waals surface area contributed by atoms with E-state index in [1.165, 1.54) is 0 Å². The largest absolute Gasteiger partial charge is 0.394 e. The quantitative estimate of drug-likeness (QED) is 0.231. The van der Waals surface area contributed by atoms with Gasteiger partial charge in [-0.1, -0.05) is 0 Å². The average Bonchev–Trinajstić information content (AvgIpc) is 2.35. The summed E-state index contributed by atoms with van der Waals surface area (Å²) < 4.78 is 0. The third kappa shape index (κ3) is 8.95. The Morgan fingerprint density at radius 1 is 0.438 bits per heavy atom. The fraction of sp³-hybridized carbons (Fsp3) is 1.00. The Morgan fingerprint density at radius 2 is 0.562 bits per heavy atom. The van der Waals surface area contributed by atoms with Crippen LogP contribution in [0, 0.1) is 0 Å². The molecule has 0 aromatic heterocycles. The summed E-state index contributed by atoms with van der Waals surface area (Å²) in [5.74, 6) is 0. The highest BCUT2D eigenvalue weighted by atomic mass is 16.4. The monoisotopic (exact) mass is 244 g/mol. The molecule has 0 aromatic rings. The predicted molar refractivity (Wildman–Crippen MR) is 52.4 cm³/mol. The van der Waals surface area contributed by atoms with Crippen LogP contribution in [0.2, 0.25) is 0 Å². The van der Waals surface area contributed by atoms with Crippen molar-refractivity contribution in [2.45, 2.75) is 24.4 Å². The normalized spacial score (nSPS) is 18.0. The molecular weight excluding hydrogens is 224 g/mol. The molecule has 0 aliphatic carbocycles. The molecule has 16 heavy (non-hydrogen) atoms. The van der Waals surface area contributed by atoms with Crippen molar-refractivity contribution in [3.63, 3.8) is 0 Å². The second-order valence-corrected chi connectivity index (χ2v) is 3.00. The zero-order chi connectivity index (χ0) is 13.1. The number of hydrogen-bond acceptors (Lipinski definition) is 8. The Labute approximate surface area is 92.7 Å². The highest BCUT2D eigenvalue weighted by Crippen LogP contribution is 1.89. The summed E-state index contributed by atoms with van der Waals surface area (Å²) >= 11 is 0. The van der Waals surface area contributed by atoms with Crippen LogP contribution >= 0.6 is 0 Å². The zero-order valence-corrected chi connectivity index (χ0v) is 8.72. The first-order valence-corrected chi connectivity index (χ1v) is 4.60. The van der Waals surface area contributed by atoms with E-state index in [-0.39, 0.29) is 0 Å². The smallest absolute Gasteiger partial charge is 0.105 e. The minimum absolute atomic E-state index is 0.526. The van der Waals surface area contributed by atoms with Crippen molar-refractivity contribution in [3.05, 3.63) is 0 Å². The lowest BCUT2D eigenvalue weighted by molar-refractivity contribution is -0.0388. The van der Waals surface area contributed by atoms with Gasteiger partial charge in [0, 0.05) is 0 Å². The number of aliphatic hydroxyl groups excluding tert-OH is 8. The lowest BCUT2D eigenvalue weighted by atomic mass is 10.2. The van der Waals surface area contributed by atoms with Crippen LogP contribution < -0.4 is 0 Å². The Bertz CT molecular complexity index is 112. The highest BCUT2D eigenvalue weighted by Gasteiger charge is 2.12. The van der Waals surface area contributed by atoms with E-state index in [1.54, 1.807) is 0 Å². The molecule has 8 nitrogen and oxygen atoms in total. The van der Waals surface area contributed by atoms with Crippen LogP contribution in [-0.2, 0) is 0 Å². The van der Waals surface area contributed by atoms with Crippen LogP contribution in [0.4, 0.5) is 0 Å². The van der Waals surface area contributed by atoms with Gasteiger partial charge >= 0.3 is 0 Å². The molecule has 0 radical (unpaired) electrons. The number of hydrogen-bond donors (Lipinski definition) is 8. The molecular formula is C8H20O8. The van der Waals surface area contributed by atoms with Crippen molar-refractivity contribution in [2.75, 3.05) is 26.4 Å². The molecule has 0 heterocycles. The van der Waals surface area contributed by atoms with Crippen molar-refractivity contribution in [2.24, 2.45) is 0 Å². The minimum atomic E-state index is -1.22. The molecule has 0 saturated carbocycles. The van der Waals surface area contributed by atoms with Gasteiger partial charge in [-0.25, -0.2) is 0 Å². The Balaban J connectivity index is 0. The second kappa shape index (κ2) is 11.2. The first kappa shape index (κ1) is 18.1. The van der Waals surface area contributed by atoms with Gasteiger partial charge in [-0.15, -0.1) is 0 Å². The maximum atomic E-state index is 8.47. The summed E-state index contributed by atoms with van der Waals surface area (Å²) in [6, 6.07) is 0. The molecule has 0 unspecified atom stereocenters. The molecule has 8 heteroatoms. The molecule has 0 amide bonds. The van der Waals surface area contributed by atoms with Crippen LogP contribution in [0.15, 0.2) is 0 Å². The molecule has 0 fully saturated rings. The van der Waals surface area contributed by atoms with Crippen molar-refractivity contribution in [3.8, 4) is 0 Å². The Morgan fingerprint density at radius 3 is 0.625 bits per heavy atom. The average molecular weight is 244 g/mol. The number of aliphatic hydroxyl groups is 8. The van der Waals surface area contributed by atoms with Crippen molar-refractivity contribution < 1.29 is 40.9 Å². The summed E-state index contributed by atoms with van der Waals surface area (Å²) in [4.78, 5) is 0. The zero-order valence-electron chi connectivity index (χ0n) is 8.72. The first-order chi connectivity index (χ1) is 7.44. The van der Waals surface area contributed by atoms with E-state index in [1.807, 2.05) is 0 Å². The Hall–Kier alpha value is -0.320. The van der Waals surface area contributed by atoms with Crippen LogP contribution in [0.3, 0.4) is 0 Å². The lowest BCUT2D eigenvalue weighted by Crippen LogP contribution is -2.31. The van der Waals surface area contributed by atoms with Crippen molar-refractivity contribution in [1.29, 1.82) is 0 Å². The van der Waals surface area contributed by atoms with Crippen LogP contribution in [-0.4, -0.2) is 91.7 Å². The van der Waals surface area contributed by atoms with Crippen LogP contribution in [0.25, 0.3) is 0 Å². The summed E-state index contributed by atoms with van der Waals surface area (Å²) in [6.07, 6.45) is -4.89. The Kier molecular flexibility index (Phi) is 12.6. The van der Waals surface area contributed by atoms with Gasteiger partial charge in [-0.3, -0.25) is 0 Å².